The van der Waals surface area contributed by atoms with Crippen molar-refractivity contribution in [1.82, 2.24) is 5.32 Å². The molecular formula is C26H37NO3. The quantitative estimate of drug-likeness (QED) is 0.429. The summed E-state index contributed by atoms with van der Waals surface area (Å²) in [5.41, 5.74) is 5.02. The fourth-order valence-electron chi connectivity index (χ4n) is 4.05. The molecule has 0 bridgehead atoms. The van der Waals surface area contributed by atoms with E-state index in [1.807, 2.05) is 38.1 Å². The van der Waals surface area contributed by atoms with Gasteiger partial charge in [0.15, 0.2) is 0 Å². The largest absolute Gasteiger partial charge is 0.507 e. The molecule has 0 unspecified atom stereocenters. The molecule has 0 saturated carbocycles. The van der Waals surface area contributed by atoms with Crippen molar-refractivity contribution in [2.45, 2.75) is 78.6 Å². The number of carbonyl (C=O) groups excluding carboxylic acids is 1. The van der Waals surface area contributed by atoms with Crippen molar-refractivity contribution >= 4 is 6.41 Å². The van der Waals surface area contributed by atoms with Crippen LogP contribution in [0.5, 0.6) is 11.5 Å². The molecule has 0 aliphatic heterocycles. The molecule has 0 radical (unpaired) electrons. The predicted octanol–water partition coefficient (Wildman–Crippen LogP) is 5.58. The highest BCUT2D eigenvalue weighted by molar-refractivity contribution is 5.56. The third kappa shape index (κ3) is 5.16. The topological polar surface area (TPSA) is 69.6 Å². The van der Waals surface area contributed by atoms with Gasteiger partial charge >= 0.3 is 0 Å². The van der Waals surface area contributed by atoms with E-state index in [4.69, 9.17) is 0 Å². The van der Waals surface area contributed by atoms with Crippen molar-refractivity contribution in [1.29, 1.82) is 0 Å². The number of carbonyl (C=O) groups is 1. The van der Waals surface area contributed by atoms with E-state index in [1.54, 1.807) is 0 Å². The number of benzene rings is 2. The lowest BCUT2D eigenvalue weighted by Gasteiger charge is -2.29. The highest BCUT2D eigenvalue weighted by atomic mass is 16.3. The number of hydrogen-bond donors (Lipinski definition) is 3. The Morgan fingerprint density at radius 2 is 1.23 bits per heavy atom. The molecule has 4 nitrogen and oxygen atoms in total. The smallest absolute Gasteiger partial charge is 0.207 e. The minimum Gasteiger partial charge on any atom is -0.507 e. The molecule has 0 heterocycles. The molecular weight excluding hydrogens is 374 g/mol. The van der Waals surface area contributed by atoms with Crippen LogP contribution in [0.1, 0.15) is 87.3 Å². The number of nitrogens with one attached hydrogen (secondary N) is 1. The molecule has 0 atom stereocenters. The minimum atomic E-state index is -0.251. The van der Waals surface area contributed by atoms with Gasteiger partial charge in [-0.1, -0.05) is 76.9 Å². The van der Waals surface area contributed by atoms with Gasteiger partial charge in [-0.15, -0.1) is 0 Å². The molecule has 164 valence electrons. The summed E-state index contributed by atoms with van der Waals surface area (Å²) in [6.07, 6.45) is 1.25. The van der Waals surface area contributed by atoms with Crippen molar-refractivity contribution in [3.63, 3.8) is 0 Å². The van der Waals surface area contributed by atoms with Gasteiger partial charge in [-0.25, -0.2) is 0 Å². The summed E-state index contributed by atoms with van der Waals surface area (Å²) in [6, 6.07) is 8.04. The van der Waals surface area contributed by atoms with E-state index in [0.717, 1.165) is 33.4 Å². The molecule has 0 aliphatic rings. The number of phenolic OH excluding ortho intramolecular Hbond substituents is 2. The van der Waals surface area contributed by atoms with Gasteiger partial charge in [0, 0.05) is 23.6 Å². The van der Waals surface area contributed by atoms with Gasteiger partial charge in [-0.3, -0.25) is 4.79 Å². The maximum absolute atomic E-state index is 11.3. The minimum absolute atomic E-state index is 0.221. The van der Waals surface area contributed by atoms with Gasteiger partial charge in [0.1, 0.15) is 11.5 Å². The summed E-state index contributed by atoms with van der Waals surface area (Å²) in [7, 11) is 0. The van der Waals surface area contributed by atoms with Crippen molar-refractivity contribution in [3.05, 3.63) is 57.6 Å². The number of hydrogen-bond acceptors (Lipinski definition) is 3. The number of aromatic hydroxyl groups is 2. The van der Waals surface area contributed by atoms with E-state index in [-0.39, 0.29) is 28.2 Å². The number of rotatable bonds is 6. The molecule has 0 aromatic heterocycles. The van der Waals surface area contributed by atoms with Gasteiger partial charge in [-0.2, -0.15) is 0 Å². The third-order valence-electron chi connectivity index (χ3n) is 5.60. The summed E-state index contributed by atoms with van der Waals surface area (Å²) < 4.78 is 0. The lowest BCUT2D eigenvalue weighted by Crippen LogP contribution is -2.19. The van der Waals surface area contributed by atoms with E-state index in [2.05, 4.69) is 46.9 Å². The first-order valence-corrected chi connectivity index (χ1v) is 10.6. The van der Waals surface area contributed by atoms with E-state index in [1.165, 1.54) is 0 Å². The number of aryl methyl sites for hydroxylation is 2. The molecule has 4 heteroatoms. The lowest BCUT2D eigenvalue weighted by atomic mass is 9.77. The van der Waals surface area contributed by atoms with Crippen molar-refractivity contribution in [2.24, 2.45) is 0 Å². The highest BCUT2D eigenvalue weighted by Crippen LogP contribution is 2.45. The molecule has 2 aromatic carbocycles. The Bertz CT molecular complexity index is 848. The average molecular weight is 412 g/mol. The molecule has 0 aliphatic carbocycles. The maximum atomic E-state index is 11.3. The second-order valence-corrected chi connectivity index (χ2v) is 10.4. The molecule has 0 saturated heterocycles. The van der Waals surface area contributed by atoms with Crippen LogP contribution >= 0.6 is 0 Å². The van der Waals surface area contributed by atoms with Gasteiger partial charge in [0.05, 0.1) is 0 Å². The second-order valence-electron chi connectivity index (χ2n) is 10.4. The van der Waals surface area contributed by atoms with E-state index >= 15 is 0 Å². The summed E-state index contributed by atoms with van der Waals surface area (Å²) in [5, 5.41) is 25.2. The first-order chi connectivity index (χ1) is 13.8. The van der Waals surface area contributed by atoms with Gasteiger partial charge in [0.2, 0.25) is 6.41 Å². The fraction of sp³-hybridized carbons (Fsp3) is 0.500. The zero-order valence-electron chi connectivity index (χ0n) is 19.7. The molecule has 2 aromatic rings. The summed E-state index contributed by atoms with van der Waals surface area (Å²) in [5.74, 6) is 0.282. The Labute approximate surface area is 181 Å². The Morgan fingerprint density at radius 3 is 1.57 bits per heavy atom. The van der Waals surface area contributed by atoms with Crippen LogP contribution in [0, 0.1) is 13.8 Å². The van der Waals surface area contributed by atoms with Crippen molar-refractivity contribution in [2.75, 3.05) is 6.54 Å². The van der Waals surface area contributed by atoms with E-state index in [0.29, 0.717) is 19.4 Å². The summed E-state index contributed by atoms with van der Waals surface area (Å²) >= 11 is 0. The average Bonchev–Trinajstić information content (AvgIpc) is 2.61. The first-order valence-electron chi connectivity index (χ1n) is 10.6. The van der Waals surface area contributed by atoms with Crippen LogP contribution in [-0.2, 0) is 15.6 Å². The van der Waals surface area contributed by atoms with Crippen LogP contribution in [-0.4, -0.2) is 23.2 Å². The predicted molar refractivity (Wildman–Crippen MR) is 124 cm³/mol. The lowest BCUT2D eigenvalue weighted by molar-refractivity contribution is -0.109. The standard InChI is InChI=1S/C26H37NO3/c1-16-11-19(23(29)21(13-16)25(3,4)5)18(9-10-27-15-28)20-12-17(2)14-22(24(20)30)26(6,7)8/h11-15,18,29-30H,9-10H2,1-8H3,(H,27,28). The molecule has 3 N–H and O–H groups in total. The third-order valence-corrected chi connectivity index (χ3v) is 5.60. The van der Waals surface area contributed by atoms with Crippen LogP contribution in [0.25, 0.3) is 0 Å². The van der Waals surface area contributed by atoms with Gasteiger partial charge < -0.3 is 15.5 Å². The summed E-state index contributed by atoms with van der Waals surface area (Å²) in [6.45, 7) is 17.0. The van der Waals surface area contributed by atoms with Crippen LogP contribution < -0.4 is 5.32 Å². The van der Waals surface area contributed by atoms with Crippen molar-refractivity contribution in [3.8, 4) is 11.5 Å². The Morgan fingerprint density at radius 1 is 0.833 bits per heavy atom. The Hall–Kier alpha value is -2.49. The molecule has 1 amide bonds. The highest BCUT2D eigenvalue weighted by Gasteiger charge is 2.29. The van der Waals surface area contributed by atoms with Crippen LogP contribution in [0.4, 0.5) is 0 Å². The number of amides is 1. The maximum Gasteiger partial charge on any atom is 0.207 e. The monoisotopic (exact) mass is 411 g/mol. The van der Waals surface area contributed by atoms with E-state index in [9.17, 15) is 15.0 Å². The van der Waals surface area contributed by atoms with Crippen molar-refractivity contribution < 1.29 is 15.0 Å². The molecule has 2 rings (SSSR count). The first kappa shape index (κ1) is 23.8. The SMILES string of the molecule is Cc1cc(C(CCNC=O)c2cc(C)cc(C(C)(C)C)c2O)c(O)c(C(C)(C)C)c1. The normalized spacial score (nSPS) is 12.3. The zero-order valence-corrected chi connectivity index (χ0v) is 19.7. The van der Waals surface area contributed by atoms with E-state index < -0.39 is 0 Å². The second kappa shape index (κ2) is 8.71. The zero-order chi connectivity index (χ0) is 22.9. The Balaban J connectivity index is 2.78. The fourth-order valence-corrected chi connectivity index (χ4v) is 4.05. The van der Waals surface area contributed by atoms with Gasteiger partial charge in [0.25, 0.3) is 0 Å². The molecule has 0 fully saturated rings. The van der Waals surface area contributed by atoms with Crippen LogP contribution in [0.15, 0.2) is 24.3 Å². The van der Waals surface area contributed by atoms with Gasteiger partial charge in [-0.05, 0) is 42.2 Å². The Kier molecular flexibility index (Phi) is 6.90. The van der Waals surface area contributed by atoms with Crippen LogP contribution in [0.3, 0.4) is 0 Å². The van der Waals surface area contributed by atoms with Crippen LogP contribution in [0.2, 0.25) is 0 Å². The molecule has 30 heavy (non-hydrogen) atoms. The number of phenols is 2. The molecule has 0 spiro atoms. The summed E-state index contributed by atoms with van der Waals surface area (Å²) in [4.78, 5) is 10.9.